The zero-order chi connectivity index (χ0) is 23.1. The van der Waals surface area contributed by atoms with E-state index < -0.39 is 21.8 Å². The van der Waals surface area contributed by atoms with Gasteiger partial charge < -0.3 is 9.09 Å². The molecule has 8 nitrogen and oxygen atoms in total. The second-order valence-corrected chi connectivity index (χ2v) is 9.22. The molecule has 0 amide bonds. The standard InChI is InChI=1S/C19H16F3N5O3S2/c1-2-27-15-7-6-13(32(23,28)29)9-14(15)24-18(27)31-10-16-25-17(26-30-16)11-4-3-5-12(8-11)19(20,21)22/h3-9H,2,10H2,1H3,(H2,23,28,29). The number of fused-ring (bicyclic) bond motifs is 1. The van der Waals surface area contributed by atoms with E-state index in [1.54, 1.807) is 6.07 Å². The maximum absolute atomic E-state index is 12.9. The number of primary sulfonamides is 1. The molecule has 0 unspecified atom stereocenters. The van der Waals surface area contributed by atoms with Crippen LogP contribution in [-0.2, 0) is 28.5 Å². The van der Waals surface area contributed by atoms with E-state index in [0.29, 0.717) is 17.2 Å². The molecule has 0 atom stereocenters. The summed E-state index contributed by atoms with van der Waals surface area (Å²) in [6, 6.07) is 9.13. The predicted molar refractivity (Wildman–Crippen MR) is 111 cm³/mol. The van der Waals surface area contributed by atoms with Gasteiger partial charge in [0.05, 0.1) is 27.2 Å². The average Bonchev–Trinajstić information content (AvgIpc) is 3.34. The molecule has 0 aliphatic rings. The second kappa shape index (κ2) is 8.22. The quantitative estimate of drug-likeness (QED) is 0.411. The van der Waals surface area contributed by atoms with E-state index in [4.69, 9.17) is 9.66 Å². The lowest BCUT2D eigenvalue weighted by Gasteiger charge is -2.06. The molecule has 13 heteroatoms. The van der Waals surface area contributed by atoms with E-state index in [1.807, 2.05) is 11.5 Å². The smallest absolute Gasteiger partial charge is 0.338 e. The van der Waals surface area contributed by atoms with Gasteiger partial charge in [-0.2, -0.15) is 18.2 Å². The van der Waals surface area contributed by atoms with Crippen LogP contribution in [0, 0.1) is 0 Å². The van der Waals surface area contributed by atoms with Crippen molar-refractivity contribution in [2.24, 2.45) is 5.14 Å². The summed E-state index contributed by atoms with van der Waals surface area (Å²) in [6.45, 7) is 2.49. The van der Waals surface area contributed by atoms with Crippen LogP contribution in [-0.4, -0.2) is 28.1 Å². The number of thioether (sulfide) groups is 1. The third-order valence-electron chi connectivity index (χ3n) is 4.57. The third-order valence-corrected chi connectivity index (χ3v) is 6.44. The summed E-state index contributed by atoms with van der Waals surface area (Å²) < 4.78 is 69.0. The number of hydrogen-bond acceptors (Lipinski definition) is 7. The number of alkyl halides is 3. The first kappa shape index (κ1) is 22.3. The molecule has 2 aromatic heterocycles. The number of nitrogens with two attached hydrogens (primary N) is 1. The van der Waals surface area contributed by atoms with Gasteiger partial charge in [-0.15, -0.1) is 0 Å². The summed E-state index contributed by atoms with van der Waals surface area (Å²) in [5.41, 5.74) is 0.594. The highest BCUT2D eigenvalue weighted by Gasteiger charge is 2.30. The monoisotopic (exact) mass is 483 g/mol. The molecule has 0 aliphatic heterocycles. The first-order valence-corrected chi connectivity index (χ1v) is 11.8. The van der Waals surface area contributed by atoms with Crippen LogP contribution in [0.1, 0.15) is 18.4 Å². The van der Waals surface area contributed by atoms with Crippen LogP contribution in [0.4, 0.5) is 13.2 Å². The Kier molecular flexibility index (Phi) is 5.73. The van der Waals surface area contributed by atoms with Crippen molar-refractivity contribution in [2.45, 2.75) is 35.4 Å². The summed E-state index contributed by atoms with van der Waals surface area (Å²) in [5, 5.41) is 9.55. The average molecular weight is 483 g/mol. The number of nitrogens with zero attached hydrogens (tertiary/aromatic N) is 4. The van der Waals surface area contributed by atoms with Gasteiger partial charge in [0.25, 0.3) is 0 Å². The largest absolute Gasteiger partial charge is 0.416 e. The highest BCUT2D eigenvalue weighted by atomic mass is 32.2. The van der Waals surface area contributed by atoms with Crippen LogP contribution in [0.25, 0.3) is 22.4 Å². The molecule has 0 bridgehead atoms. The summed E-state index contributed by atoms with van der Waals surface area (Å²) >= 11 is 1.27. The van der Waals surface area contributed by atoms with Gasteiger partial charge in [-0.1, -0.05) is 29.1 Å². The highest BCUT2D eigenvalue weighted by molar-refractivity contribution is 7.98. The highest BCUT2D eigenvalue weighted by Crippen LogP contribution is 2.32. The molecule has 0 saturated carbocycles. The Morgan fingerprint density at radius 2 is 1.94 bits per heavy atom. The van der Waals surface area contributed by atoms with Gasteiger partial charge in [-0.05, 0) is 37.3 Å². The zero-order valence-electron chi connectivity index (χ0n) is 16.5. The maximum Gasteiger partial charge on any atom is 0.416 e. The minimum absolute atomic E-state index is 0.0371. The number of halogens is 3. The molecule has 4 rings (SSSR count). The molecule has 0 radical (unpaired) electrons. The number of imidazole rings is 1. The lowest BCUT2D eigenvalue weighted by atomic mass is 10.1. The number of aromatic nitrogens is 4. The fraction of sp³-hybridized carbons (Fsp3) is 0.211. The van der Waals surface area contributed by atoms with Crippen molar-refractivity contribution in [3.8, 4) is 11.4 Å². The fourth-order valence-corrected chi connectivity index (χ4v) is 4.52. The van der Waals surface area contributed by atoms with Crippen molar-refractivity contribution < 1.29 is 26.1 Å². The van der Waals surface area contributed by atoms with Gasteiger partial charge in [-0.25, -0.2) is 18.5 Å². The Morgan fingerprint density at radius 1 is 1.16 bits per heavy atom. The first-order valence-electron chi connectivity index (χ1n) is 9.22. The van der Waals surface area contributed by atoms with Gasteiger partial charge in [0.15, 0.2) is 5.16 Å². The van der Waals surface area contributed by atoms with Crippen LogP contribution >= 0.6 is 11.8 Å². The number of aryl methyl sites for hydroxylation is 1. The van der Waals surface area contributed by atoms with Crippen molar-refractivity contribution in [1.82, 2.24) is 19.7 Å². The van der Waals surface area contributed by atoms with Gasteiger partial charge in [-0.3, -0.25) is 0 Å². The Balaban J connectivity index is 1.56. The number of hydrogen-bond donors (Lipinski definition) is 1. The molecule has 32 heavy (non-hydrogen) atoms. The van der Waals surface area contributed by atoms with E-state index in [2.05, 4.69) is 15.1 Å². The van der Waals surface area contributed by atoms with Crippen molar-refractivity contribution in [3.05, 3.63) is 53.9 Å². The molecule has 2 N–H and O–H groups in total. The normalized spacial score (nSPS) is 12.5. The number of benzene rings is 2. The SMILES string of the molecule is CCn1c(SCc2nc(-c3cccc(C(F)(F)F)c3)no2)nc2cc(S(N)(=O)=O)ccc21. The molecule has 2 aromatic carbocycles. The molecule has 2 heterocycles. The molecule has 0 saturated heterocycles. The maximum atomic E-state index is 12.9. The van der Waals surface area contributed by atoms with Crippen LogP contribution < -0.4 is 5.14 Å². The fourth-order valence-electron chi connectivity index (χ4n) is 3.07. The van der Waals surface area contributed by atoms with E-state index in [9.17, 15) is 21.6 Å². The third kappa shape index (κ3) is 4.49. The topological polar surface area (TPSA) is 117 Å². The van der Waals surface area contributed by atoms with Gasteiger partial charge in [0, 0.05) is 12.1 Å². The Morgan fingerprint density at radius 3 is 2.62 bits per heavy atom. The van der Waals surface area contributed by atoms with Crippen LogP contribution in [0.15, 0.2) is 57.0 Å². The molecule has 0 fully saturated rings. The number of rotatable bonds is 6. The van der Waals surface area contributed by atoms with Crippen molar-refractivity contribution >= 4 is 32.8 Å². The molecule has 168 valence electrons. The first-order chi connectivity index (χ1) is 15.1. The molecule has 4 aromatic rings. The Hall–Kier alpha value is -2.90. The van der Waals surface area contributed by atoms with Crippen molar-refractivity contribution in [1.29, 1.82) is 0 Å². The predicted octanol–water partition coefficient (Wildman–Crippen LogP) is 4.06. The van der Waals surface area contributed by atoms with E-state index in [1.165, 1.54) is 36.0 Å². The molecule has 0 spiro atoms. The van der Waals surface area contributed by atoms with Crippen molar-refractivity contribution in [2.75, 3.05) is 0 Å². The Bertz CT molecular complexity index is 1400. The van der Waals surface area contributed by atoms with E-state index in [-0.39, 0.29) is 27.9 Å². The minimum Gasteiger partial charge on any atom is -0.338 e. The summed E-state index contributed by atoms with van der Waals surface area (Å²) in [7, 11) is -3.86. The van der Waals surface area contributed by atoms with Gasteiger partial charge >= 0.3 is 6.18 Å². The summed E-state index contributed by atoms with van der Waals surface area (Å²) in [5.74, 6) is 0.480. The number of sulfonamides is 1. The van der Waals surface area contributed by atoms with Crippen molar-refractivity contribution in [3.63, 3.8) is 0 Å². The summed E-state index contributed by atoms with van der Waals surface area (Å²) in [4.78, 5) is 8.61. The minimum atomic E-state index is -4.47. The van der Waals surface area contributed by atoms with Crippen LogP contribution in [0.3, 0.4) is 0 Å². The zero-order valence-corrected chi connectivity index (χ0v) is 18.1. The Labute approximate surface area is 184 Å². The molecule has 0 aliphatic carbocycles. The van der Waals surface area contributed by atoms with Gasteiger partial charge in [0.2, 0.25) is 21.7 Å². The second-order valence-electron chi connectivity index (χ2n) is 6.71. The lowest BCUT2D eigenvalue weighted by molar-refractivity contribution is -0.137. The summed E-state index contributed by atoms with van der Waals surface area (Å²) in [6.07, 6.45) is -4.47. The van der Waals surface area contributed by atoms with E-state index in [0.717, 1.165) is 17.6 Å². The molecular formula is C19H16F3N5O3S2. The lowest BCUT2D eigenvalue weighted by Crippen LogP contribution is -2.11. The molecular weight excluding hydrogens is 467 g/mol. The van der Waals surface area contributed by atoms with Crippen LogP contribution in [0.2, 0.25) is 0 Å². The van der Waals surface area contributed by atoms with Crippen LogP contribution in [0.5, 0.6) is 0 Å². The van der Waals surface area contributed by atoms with E-state index >= 15 is 0 Å². The van der Waals surface area contributed by atoms with Gasteiger partial charge in [0.1, 0.15) is 0 Å².